The Morgan fingerprint density at radius 3 is 2.79 bits per heavy atom. The fourth-order valence-corrected chi connectivity index (χ4v) is 2.90. The van der Waals surface area contributed by atoms with Gasteiger partial charge in [0.25, 0.3) is 5.91 Å². The smallest absolute Gasteiger partial charge is 0.261 e. The van der Waals surface area contributed by atoms with Crippen LogP contribution in [0.3, 0.4) is 0 Å². The third kappa shape index (κ3) is 1.87. The topological polar surface area (TPSA) is 66.4 Å². The molecule has 1 aliphatic rings. The number of carbonyl (C=O) groups excluding carboxylic acids is 2. The number of hydrogen-bond acceptors (Lipinski definition) is 4. The Bertz CT molecular complexity index is 650. The average Bonchev–Trinajstić information content (AvgIpc) is 2.99. The lowest BCUT2D eigenvalue weighted by Gasteiger charge is -2.19. The Labute approximate surface area is 113 Å². The van der Waals surface area contributed by atoms with Crippen LogP contribution in [0.4, 0.5) is 5.69 Å². The molecule has 2 heterocycles. The molecule has 0 saturated carbocycles. The van der Waals surface area contributed by atoms with Crippen molar-refractivity contribution in [2.24, 2.45) is 0 Å². The predicted molar refractivity (Wildman–Crippen MR) is 72.2 cm³/mol. The largest absolute Gasteiger partial charge is 0.375 e. The molecule has 1 amide bonds. The first-order chi connectivity index (χ1) is 9.11. The summed E-state index contributed by atoms with van der Waals surface area (Å²) in [6.45, 7) is 0. The molecule has 0 aliphatic carbocycles. The molecule has 1 unspecified atom stereocenters. The lowest BCUT2D eigenvalue weighted by molar-refractivity contribution is -0.133. The summed E-state index contributed by atoms with van der Waals surface area (Å²) in [7, 11) is 0. The number of carbonyl (C=O) groups is 2. The van der Waals surface area contributed by atoms with Crippen LogP contribution in [0.1, 0.15) is 21.7 Å². The van der Waals surface area contributed by atoms with Gasteiger partial charge in [-0.05, 0) is 17.5 Å². The number of Topliss-reactive ketones (excluding diaryl/α,β-unsaturated/α-hetero) is 1. The molecule has 3 rings (SSSR count). The van der Waals surface area contributed by atoms with Crippen LogP contribution in [0.5, 0.6) is 0 Å². The molecule has 1 atom stereocenters. The first-order valence-corrected chi connectivity index (χ1v) is 6.69. The summed E-state index contributed by atoms with van der Waals surface area (Å²) in [4.78, 5) is 24.6. The quantitative estimate of drug-likeness (QED) is 0.842. The van der Waals surface area contributed by atoms with Crippen molar-refractivity contribution in [2.45, 2.75) is 12.0 Å². The number of hydrogen-bond donors (Lipinski definition) is 2. The molecule has 4 nitrogen and oxygen atoms in total. The SMILES string of the molecule is O=C(CC1(O)C(=O)Nc2ccccc21)c1cccs1. The van der Waals surface area contributed by atoms with Crippen LogP contribution in [-0.4, -0.2) is 16.8 Å². The van der Waals surface area contributed by atoms with E-state index in [9.17, 15) is 14.7 Å². The zero-order chi connectivity index (χ0) is 13.5. The van der Waals surface area contributed by atoms with Crippen LogP contribution in [0.25, 0.3) is 0 Å². The van der Waals surface area contributed by atoms with Gasteiger partial charge in [0.05, 0.1) is 11.3 Å². The van der Waals surface area contributed by atoms with Gasteiger partial charge in [-0.2, -0.15) is 0 Å². The molecule has 2 N–H and O–H groups in total. The number of fused-ring (bicyclic) bond motifs is 1. The van der Waals surface area contributed by atoms with E-state index in [1.54, 1.807) is 41.8 Å². The van der Waals surface area contributed by atoms with E-state index < -0.39 is 11.5 Å². The van der Waals surface area contributed by atoms with Gasteiger partial charge in [0.2, 0.25) is 0 Å². The summed E-state index contributed by atoms with van der Waals surface area (Å²) in [5, 5.41) is 14.9. The second-order valence-electron chi connectivity index (χ2n) is 4.44. The van der Waals surface area contributed by atoms with Crippen LogP contribution in [0, 0.1) is 0 Å². The van der Waals surface area contributed by atoms with Crippen LogP contribution in [0.15, 0.2) is 41.8 Å². The number of para-hydroxylation sites is 1. The number of thiophene rings is 1. The van der Waals surface area contributed by atoms with Crippen LogP contribution < -0.4 is 5.32 Å². The molecule has 96 valence electrons. The minimum absolute atomic E-state index is 0.232. The fraction of sp³-hybridized carbons (Fsp3) is 0.143. The summed E-state index contributed by atoms with van der Waals surface area (Å²) < 4.78 is 0. The average molecular weight is 273 g/mol. The minimum atomic E-state index is -1.77. The number of anilines is 1. The van der Waals surface area contributed by atoms with E-state index in [0.717, 1.165) is 0 Å². The van der Waals surface area contributed by atoms with E-state index in [2.05, 4.69) is 5.32 Å². The van der Waals surface area contributed by atoms with Crippen molar-refractivity contribution in [3.8, 4) is 0 Å². The van der Waals surface area contributed by atoms with Crippen molar-refractivity contribution in [2.75, 3.05) is 5.32 Å². The molecule has 0 fully saturated rings. The van der Waals surface area contributed by atoms with E-state index >= 15 is 0 Å². The normalized spacial score (nSPS) is 21.0. The highest BCUT2D eigenvalue weighted by Gasteiger charge is 2.46. The lowest BCUT2D eigenvalue weighted by atomic mass is 9.89. The lowest BCUT2D eigenvalue weighted by Crippen LogP contribution is -2.36. The molecule has 19 heavy (non-hydrogen) atoms. The van der Waals surface area contributed by atoms with Crippen molar-refractivity contribution in [1.29, 1.82) is 0 Å². The summed E-state index contributed by atoms with van der Waals surface area (Å²) in [6, 6.07) is 10.3. The highest BCUT2D eigenvalue weighted by Crippen LogP contribution is 2.38. The molecule has 0 spiro atoms. The molecule has 1 aromatic carbocycles. The molecule has 1 aromatic heterocycles. The van der Waals surface area contributed by atoms with Crippen molar-refractivity contribution >= 4 is 28.7 Å². The third-order valence-electron chi connectivity index (χ3n) is 3.21. The van der Waals surface area contributed by atoms with E-state index in [1.165, 1.54) is 11.3 Å². The Morgan fingerprint density at radius 2 is 2.05 bits per heavy atom. The Kier molecular flexibility index (Phi) is 2.73. The van der Waals surface area contributed by atoms with Crippen molar-refractivity contribution in [3.05, 3.63) is 52.2 Å². The monoisotopic (exact) mass is 273 g/mol. The van der Waals surface area contributed by atoms with Crippen LogP contribution in [-0.2, 0) is 10.4 Å². The van der Waals surface area contributed by atoms with Crippen LogP contribution >= 0.6 is 11.3 Å². The van der Waals surface area contributed by atoms with Crippen molar-refractivity contribution in [3.63, 3.8) is 0 Å². The first-order valence-electron chi connectivity index (χ1n) is 5.81. The maximum absolute atomic E-state index is 12.1. The molecule has 0 radical (unpaired) electrons. The van der Waals surface area contributed by atoms with Crippen molar-refractivity contribution < 1.29 is 14.7 Å². The highest BCUT2D eigenvalue weighted by atomic mass is 32.1. The first kappa shape index (κ1) is 12.1. The standard InChI is InChI=1S/C14H11NO3S/c16-11(12-6-3-7-19-12)8-14(18)9-4-1-2-5-10(9)15-13(14)17/h1-7,18H,8H2,(H,15,17). The number of benzene rings is 1. The molecular weight excluding hydrogens is 262 g/mol. The second-order valence-corrected chi connectivity index (χ2v) is 5.38. The summed E-state index contributed by atoms with van der Waals surface area (Å²) in [6.07, 6.45) is -0.240. The van der Waals surface area contributed by atoms with Gasteiger partial charge < -0.3 is 10.4 Å². The van der Waals surface area contributed by atoms with E-state index in [-0.39, 0.29) is 12.2 Å². The molecule has 0 bridgehead atoms. The summed E-state index contributed by atoms with van der Waals surface area (Å²) in [5.74, 6) is -0.775. The molecule has 1 aliphatic heterocycles. The maximum Gasteiger partial charge on any atom is 0.261 e. The highest BCUT2D eigenvalue weighted by molar-refractivity contribution is 7.12. The number of ketones is 1. The molecular formula is C14H11NO3S. The van der Waals surface area contributed by atoms with Gasteiger partial charge in [0.1, 0.15) is 0 Å². The predicted octanol–water partition coefficient (Wildman–Crippen LogP) is 2.16. The minimum Gasteiger partial charge on any atom is -0.375 e. The number of rotatable bonds is 3. The van der Waals surface area contributed by atoms with E-state index in [4.69, 9.17) is 0 Å². The zero-order valence-corrected chi connectivity index (χ0v) is 10.7. The fourth-order valence-electron chi connectivity index (χ4n) is 2.23. The number of nitrogens with one attached hydrogen (secondary N) is 1. The summed E-state index contributed by atoms with van der Waals surface area (Å²) >= 11 is 1.30. The van der Waals surface area contributed by atoms with Gasteiger partial charge in [0.15, 0.2) is 11.4 Å². The maximum atomic E-state index is 12.1. The number of aliphatic hydroxyl groups is 1. The van der Waals surface area contributed by atoms with Gasteiger partial charge in [-0.15, -0.1) is 11.3 Å². The second kappa shape index (κ2) is 4.29. The number of amides is 1. The van der Waals surface area contributed by atoms with Gasteiger partial charge in [-0.1, -0.05) is 24.3 Å². The van der Waals surface area contributed by atoms with E-state index in [0.29, 0.717) is 16.1 Å². The summed E-state index contributed by atoms with van der Waals surface area (Å²) in [5.41, 5.74) is -0.739. The van der Waals surface area contributed by atoms with Gasteiger partial charge in [-0.25, -0.2) is 0 Å². The molecule has 2 aromatic rings. The Morgan fingerprint density at radius 1 is 1.26 bits per heavy atom. The molecule has 0 saturated heterocycles. The van der Waals surface area contributed by atoms with Gasteiger partial charge in [0, 0.05) is 11.3 Å². The van der Waals surface area contributed by atoms with Gasteiger partial charge >= 0.3 is 0 Å². The third-order valence-corrected chi connectivity index (χ3v) is 4.12. The van der Waals surface area contributed by atoms with Crippen molar-refractivity contribution in [1.82, 2.24) is 0 Å². The van der Waals surface area contributed by atoms with E-state index in [1.807, 2.05) is 0 Å². The Hall–Kier alpha value is -1.98. The zero-order valence-electron chi connectivity index (χ0n) is 9.92. The van der Waals surface area contributed by atoms with Crippen LogP contribution in [0.2, 0.25) is 0 Å². The van der Waals surface area contributed by atoms with Gasteiger partial charge in [-0.3, -0.25) is 9.59 Å². The Balaban J connectivity index is 1.95. The molecule has 5 heteroatoms.